The van der Waals surface area contributed by atoms with Crippen LogP contribution in [0.4, 0.5) is 11.8 Å². The molecule has 5 nitrogen and oxygen atoms in total. The summed E-state index contributed by atoms with van der Waals surface area (Å²) in [5.41, 5.74) is 3.17. The highest BCUT2D eigenvalue weighted by atomic mass is 16.5. The lowest BCUT2D eigenvalue weighted by atomic mass is 10.1. The molecule has 0 unspecified atom stereocenters. The number of rotatable bonds is 7. The van der Waals surface area contributed by atoms with Crippen LogP contribution in [-0.2, 0) is 6.54 Å². The lowest BCUT2D eigenvalue weighted by molar-refractivity contribution is 0.414. The molecule has 144 valence electrons. The fraction of sp³-hybridized carbons (Fsp3) is 0.304. The second kappa shape index (κ2) is 8.74. The van der Waals surface area contributed by atoms with Crippen molar-refractivity contribution in [2.75, 3.05) is 17.7 Å². The van der Waals surface area contributed by atoms with Crippen LogP contribution in [0.2, 0.25) is 0 Å². The lowest BCUT2D eigenvalue weighted by Crippen LogP contribution is -2.16. The van der Waals surface area contributed by atoms with Crippen molar-refractivity contribution in [3.05, 3.63) is 66.2 Å². The maximum Gasteiger partial charge on any atom is 0.225 e. The zero-order valence-corrected chi connectivity index (χ0v) is 16.2. The highest BCUT2D eigenvalue weighted by molar-refractivity contribution is 5.64. The second-order valence-electron chi connectivity index (χ2n) is 7.16. The number of hydrogen-bond acceptors (Lipinski definition) is 5. The largest absolute Gasteiger partial charge is 0.497 e. The fourth-order valence-corrected chi connectivity index (χ4v) is 3.56. The summed E-state index contributed by atoms with van der Waals surface area (Å²) < 4.78 is 5.22. The monoisotopic (exact) mass is 374 g/mol. The Morgan fingerprint density at radius 1 is 0.964 bits per heavy atom. The molecule has 0 bridgehead atoms. The Morgan fingerprint density at radius 2 is 1.71 bits per heavy atom. The first kappa shape index (κ1) is 18.3. The summed E-state index contributed by atoms with van der Waals surface area (Å²) in [5.74, 6) is 2.38. The quantitative estimate of drug-likeness (QED) is 0.601. The molecule has 0 atom stereocenters. The Balaban J connectivity index is 1.55. The van der Waals surface area contributed by atoms with Crippen LogP contribution >= 0.6 is 0 Å². The third kappa shape index (κ3) is 4.60. The molecule has 28 heavy (non-hydrogen) atoms. The number of nitrogens with zero attached hydrogens (tertiary/aromatic N) is 2. The molecule has 5 heteroatoms. The Bertz CT molecular complexity index is 890. The first-order valence-corrected chi connectivity index (χ1v) is 9.88. The summed E-state index contributed by atoms with van der Waals surface area (Å²) in [6, 6.07) is 20.8. The maximum absolute atomic E-state index is 5.22. The van der Waals surface area contributed by atoms with Gasteiger partial charge in [0.25, 0.3) is 0 Å². The smallest absolute Gasteiger partial charge is 0.225 e. The predicted octanol–water partition coefficient (Wildman–Crippen LogP) is 5.12. The Morgan fingerprint density at radius 3 is 2.43 bits per heavy atom. The van der Waals surface area contributed by atoms with E-state index in [1.807, 2.05) is 48.5 Å². The van der Waals surface area contributed by atoms with Crippen molar-refractivity contribution < 1.29 is 4.74 Å². The zero-order valence-electron chi connectivity index (χ0n) is 16.2. The average molecular weight is 374 g/mol. The first-order valence-electron chi connectivity index (χ1n) is 9.88. The van der Waals surface area contributed by atoms with Crippen molar-refractivity contribution in [3.8, 4) is 17.0 Å². The minimum atomic E-state index is 0.507. The summed E-state index contributed by atoms with van der Waals surface area (Å²) in [4.78, 5) is 9.45. The molecule has 1 aromatic heterocycles. The van der Waals surface area contributed by atoms with Gasteiger partial charge in [0.05, 0.1) is 12.8 Å². The van der Waals surface area contributed by atoms with Crippen molar-refractivity contribution in [1.29, 1.82) is 0 Å². The fourth-order valence-electron chi connectivity index (χ4n) is 3.56. The molecule has 0 saturated heterocycles. The third-order valence-corrected chi connectivity index (χ3v) is 5.11. The van der Waals surface area contributed by atoms with Gasteiger partial charge in [-0.05, 0) is 30.5 Å². The number of hydrogen-bond donors (Lipinski definition) is 2. The van der Waals surface area contributed by atoms with Gasteiger partial charge in [-0.3, -0.25) is 0 Å². The SMILES string of the molecule is COc1ccc(CNc2nc(NC3CCCC3)cc(-c3ccccc3)n2)cc1. The van der Waals surface area contributed by atoms with Crippen LogP contribution in [0.1, 0.15) is 31.2 Å². The first-order chi connectivity index (χ1) is 13.8. The van der Waals surface area contributed by atoms with Crippen LogP contribution in [0.15, 0.2) is 60.7 Å². The number of anilines is 2. The minimum Gasteiger partial charge on any atom is -0.497 e. The van der Waals surface area contributed by atoms with E-state index in [1.54, 1.807) is 7.11 Å². The van der Waals surface area contributed by atoms with E-state index in [1.165, 1.54) is 25.7 Å². The van der Waals surface area contributed by atoms with Gasteiger partial charge in [0.15, 0.2) is 0 Å². The van der Waals surface area contributed by atoms with Gasteiger partial charge in [0.1, 0.15) is 11.6 Å². The van der Waals surface area contributed by atoms with E-state index < -0.39 is 0 Å². The number of aromatic nitrogens is 2. The van der Waals surface area contributed by atoms with Gasteiger partial charge in [0.2, 0.25) is 5.95 Å². The minimum absolute atomic E-state index is 0.507. The van der Waals surface area contributed by atoms with E-state index in [4.69, 9.17) is 14.7 Å². The second-order valence-corrected chi connectivity index (χ2v) is 7.16. The van der Waals surface area contributed by atoms with Crippen LogP contribution in [-0.4, -0.2) is 23.1 Å². The van der Waals surface area contributed by atoms with Gasteiger partial charge in [-0.25, -0.2) is 4.98 Å². The van der Waals surface area contributed by atoms with Gasteiger partial charge >= 0.3 is 0 Å². The van der Waals surface area contributed by atoms with Crippen molar-refractivity contribution in [2.24, 2.45) is 0 Å². The summed E-state index contributed by atoms with van der Waals surface area (Å²) in [6.07, 6.45) is 4.99. The number of benzene rings is 2. The molecule has 0 spiro atoms. The molecular formula is C23H26N4O. The number of methoxy groups -OCH3 is 1. The van der Waals surface area contributed by atoms with E-state index in [2.05, 4.69) is 22.8 Å². The van der Waals surface area contributed by atoms with Crippen LogP contribution < -0.4 is 15.4 Å². The molecule has 2 N–H and O–H groups in total. The molecule has 1 heterocycles. The molecule has 1 saturated carbocycles. The summed E-state index contributed by atoms with van der Waals surface area (Å²) in [6.45, 7) is 0.658. The Kier molecular flexibility index (Phi) is 5.71. The van der Waals surface area contributed by atoms with Crippen LogP contribution in [0.3, 0.4) is 0 Å². The van der Waals surface area contributed by atoms with E-state index in [9.17, 15) is 0 Å². The molecule has 1 aliphatic carbocycles. The molecule has 2 aromatic carbocycles. The molecule has 0 aliphatic heterocycles. The van der Waals surface area contributed by atoms with Crippen LogP contribution in [0.5, 0.6) is 5.75 Å². The summed E-state index contributed by atoms with van der Waals surface area (Å²) in [5, 5.41) is 6.97. The van der Waals surface area contributed by atoms with Gasteiger partial charge in [-0.15, -0.1) is 0 Å². The van der Waals surface area contributed by atoms with Crippen molar-refractivity contribution >= 4 is 11.8 Å². The van der Waals surface area contributed by atoms with Crippen LogP contribution in [0.25, 0.3) is 11.3 Å². The van der Waals surface area contributed by atoms with Gasteiger partial charge in [-0.1, -0.05) is 55.3 Å². The number of ether oxygens (including phenoxy) is 1. The number of nitrogens with one attached hydrogen (secondary N) is 2. The standard InChI is InChI=1S/C23H26N4O/c1-28-20-13-11-17(12-14-20)16-24-23-26-21(18-7-3-2-4-8-18)15-22(27-23)25-19-9-5-6-10-19/h2-4,7-8,11-15,19H,5-6,9-10,16H2,1H3,(H2,24,25,26,27). The molecule has 0 radical (unpaired) electrons. The topological polar surface area (TPSA) is 59.1 Å². The van der Waals surface area contributed by atoms with Crippen molar-refractivity contribution in [1.82, 2.24) is 9.97 Å². The molecular weight excluding hydrogens is 348 g/mol. The Hall–Kier alpha value is -3.08. The predicted molar refractivity (Wildman–Crippen MR) is 114 cm³/mol. The van der Waals surface area contributed by atoms with Crippen molar-refractivity contribution in [3.63, 3.8) is 0 Å². The maximum atomic E-state index is 5.22. The molecule has 3 aromatic rings. The average Bonchev–Trinajstić information content (AvgIpc) is 3.26. The Labute approximate surface area is 166 Å². The van der Waals surface area contributed by atoms with E-state index in [0.717, 1.165) is 28.4 Å². The highest BCUT2D eigenvalue weighted by Crippen LogP contribution is 2.25. The van der Waals surface area contributed by atoms with E-state index in [0.29, 0.717) is 18.5 Å². The third-order valence-electron chi connectivity index (χ3n) is 5.11. The normalized spacial score (nSPS) is 14.0. The molecule has 1 aliphatic rings. The molecule has 0 amide bonds. The zero-order chi connectivity index (χ0) is 19.2. The highest BCUT2D eigenvalue weighted by Gasteiger charge is 2.16. The van der Waals surface area contributed by atoms with E-state index in [-0.39, 0.29) is 0 Å². The van der Waals surface area contributed by atoms with Gasteiger partial charge < -0.3 is 15.4 Å². The summed E-state index contributed by atoms with van der Waals surface area (Å²) in [7, 11) is 1.68. The van der Waals surface area contributed by atoms with Crippen LogP contribution in [0, 0.1) is 0 Å². The van der Waals surface area contributed by atoms with E-state index >= 15 is 0 Å². The van der Waals surface area contributed by atoms with Gasteiger partial charge in [0, 0.05) is 24.2 Å². The van der Waals surface area contributed by atoms with Gasteiger partial charge in [-0.2, -0.15) is 4.98 Å². The van der Waals surface area contributed by atoms with Crippen molar-refractivity contribution in [2.45, 2.75) is 38.3 Å². The molecule has 4 rings (SSSR count). The molecule has 1 fully saturated rings. The lowest BCUT2D eigenvalue weighted by Gasteiger charge is -2.15. The summed E-state index contributed by atoms with van der Waals surface area (Å²) >= 11 is 0.